The molecule has 0 saturated carbocycles. The number of nitrogens with one attached hydrogen (secondary N) is 1. The zero-order valence-electron chi connectivity index (χ0n) is 12.5. The highest BCUT2D eigenvalue weighted by molar-refractivity contribution is 7.18. The summed E-state index contributed by atoms with van der Waals surface area (Å²) in [5.74, 6) is 0. The minimum absolute atomic E-state index is 0.0148. The molecule has 1 unspecified atom stereocenters. The quantitative estimate of drug-likeness (QED) is 0.612. The fourth-order valence-corrected chi connectivity index (χ4v) is 4.42. The van der Waals surface area contributed by atoms with Gasteiger partial charge in [-0.2, -0.15) is 0 Å². The van der Waals surface area contributed by atoms with E-state index in [-0.39, 0.29) is 5.56 Å². The van der Waals surface area contributed by atoms with E-state index >= 15 is 0 Å². The van der Waals surface area contributed by atoms with Crippen LogP contribution in [-0.4, -0.2) is 21.4 Å². The number of thiazole rings is 2. The van der Waals surface area contributed by atoms with Crippen molar-refractivity contribution < 1.29 is 4.90 Å². The summed E-state index contributed by atoms with van der Waals surface area (Å²) in [4.78, 5) is 23.3. The van der Waals surface area contributed by atoms with Gasteiger partial charge in [0, 0.05) is 17.6 Å². The summed E-state index contributed by atoms with van der Waals surface area (Å²) in [7, 11) is 2.10. The molecular weight excluding hydrogens is 328 g/mol. The molecule has 3 heterocycles. The molecule has 0 aliphatic carbocycles. The number of quaternary nitrogens is 1. The van der Waals surface area contributed by atoms with Crippen molar-refractivity contribution >= 4 is 37.9 Å². The lowest BCUT2D eigenvalue weighted by Crippen LogP contribution is -3.06. The molecule has 4 aromatic rings. The van der Waals surface area contributed by atoms with Gasteiger partial charge in [-0.3, -0.25) is 9.20 Å². The Hall–Kier alpha value is -2.09. The molecule has 0 fully saturated rings. The maximum Gasteiger partial charge on any atom is 0.258 e. The van der Waals surface area contributed by atoms with Gasteiger partial charge in [0.1, 0.15) is 23.8 Å². The second-order valence-electron chi connectivity index (χ2n) is 5.53. The van der Waals surface area contributed by atoms with Gasteiger partial charge in [-0.1, -0.05) is 12.1 Å². The number of hydrogen-bond acceptors (Lipinski definition) is 5. The third-order valence-corrected chi connectivity index (χ3v) is 5.42. The molecule has 0 amide bonds. The van der Waals surface area contributed by atoms with Crippen molar-refractivity contribution in [2.75, 3.05) is 7.05 Å². The Kier molecular flexibility index (Phi) is 3.68. The van der Waals surface area contributed by atoms with Crippen LogP contribution in [-0.2, 0) is 13.1 Å². The van der Waals surface area contributed by atoms with Gasteiger partial charge >= 0.3 is 0 Å². The lowest BCUT2D eigenvalue weighted by Gasteiger charge is -2.11. The highest BCUT2D eigenvalue weighted by Crippen LogP contribution is 2.20. The number of benzene rings is 1. The van der Waals surface area contributed by atoms with E-state index in [1.807, 2.05) is 23.6 Å². The number of aromatic nitrogens is 3. The Morgan fingerprint density at radius 2 is 2.09 bits per heavy atom. The molecule has 4 rings (SSSR count). The van der Waals surface area contributed by atoms with Crippen molar-refractivity contribution in [3.05, 3.63) is 63.0 Å². The molecule has 0 saturated heterocycles. The maximum atomic E-state index is 12.0. The fourth-order valence-electron chi connectivity index (χ4n) is 2.60. The molecule has 0 radical (unpaired) electrons. The normalized spacial score (nSPS) is 12.9. The monoisotopic (exact) mass is 343 g/mol. The van der Waals surface area contributed by atoms with E-state index in [9.17, 15) is 4.79 Å². The summed E-state index contributed by atoms with van der Waals surface area (Å²) < 4.78 is 2.79. The Bertz CT molecular complexity index is 1000. The first-order valence-electron chi connectivity index (χ1n) is 7.30. The van der Waals surface area contributed by atoms with Crippen molar-refractivity contribution in [2.45, 2.75) is 13.1 Å². The highest BCUT2D eigenvalue weighted by atomic mass is 32.1. The van der Waals surface area contributed by atoms with Crippen LogP contribution in [0, 0.1) is 0 Å². The van der Waals surface area contributed by atoms with E-state index in [4.69, 9.17) is 0 Å². The zero-order chi connectivity index (χ0) is 15.8. The van der Waals surface area contributed by atoms with Crippen LogP contribution in [0.2, 0.25) is 0 Å². The maximum absolute atomic E-state index is 12.0. The summed E-state index contributed by atoms with van der Waals surface area (Å²) in [6.07, 6.45) is 1.76. The van der Waals surface area contributed by atoms with Gasteiger partial charge in [0.2, 0.25) is 0 Å². The van der Waals surface area contributed by atoms with Crippen molar-refractivity contribution in [3.8, 4) is 0 Å². The van der Waals surface area contributed by atoms with E-state index in [2.05, 4.69) is 23.1 Å². The molecule has 5 nitrogen and oxygen atoms in total. The van der Waals surface area contributed by atoms with Crippen LogP contribution in [0.4, 0.5) is 0 Å². The Balaban J connectivity index is 1.54. The van der Waals surface area contributed by atoms with Crippen molar-refractivity contribution in [1.29, 1.82) is 0 Å². The number of hydrogen-bond donors (Lipinski definition) is 1. The first kappa shape index (κ1) is 14.5. The summed E-state index contributed by atoms with van der Waals surface area (Å²) in [5, 5.41) is 2.99. The van der Waals surface area contributed by atoms with Crippen LogP contribution in [0.15, 0.2) is 46.7 Å². The molecular formula is C16H15N4OS2+. The van der Waals surface area contributed by atoms with Crippen LogP contribution in [0.1, 0.15) is 10.7 Å². The smallest absolute Gasteiger partial charge is 0.258 e. The second kappa shape index (κ2) is 5.84. The van der Waals surface area contributed by atoms with E-state index < -0.39 is 0 Å². The lowest BCUT2D eigenvalue weighted by molar-refractivity contribution is -0.908. The van der Waals surface area contributed by atoms with E-state index in [0.29, 0.717) is 6.54 Å². The molecule has 1 aromatic carbocycles. The molecule has 7 heteroatoms. The van der Waals surface area contributed by atoms with Gasteiger partial charge in [0.25, 0.3) is 5.56 Å². The minimum Gasteiger partial charge on any atom is -0.327 e. The van der Waals surface area contributed by atoms with Gasteiger partial charge in [0.15, 0.2) is 4.96 Å². The number of fused-ring (bicyclic) bond motifs is 2. The van der Waals surface area contributed by atoms with Gasteiger partial charge < -0.3 is 4.90 Å². The third kappa shape index (κ3) is 2.90. The van der Waals surface area contributed by atoms with Crippen molar-refractivity contribution in [2.24, 2.45) is 0 Å². The zero-order valence-corrected chi connectivity index (χ0v) is 14.2. The van der Waals surface area contributed by atoms with Crippen molar-refractivity contribution in [3.63, 3.8) is 0 Å². The van der Waals surface area contributed by atoms with Crippen LogP contribution < -0.4 is 10.5 Å². The van der Waals surface area contributed by atoms with E-state index in [0.717, 1.165) is 27.7 Å². The molecule has 1 atom stereocenters. The highest BCUT2D eigenvalue weighted by Gasteiger charge is 2.12. The fraction of sp³-hybridized carbons (Fsp3) is 0.188. The standard InChI is InChI=1S/C16H14N4OS2/c1-19(10-14-18-12-4-2-3-5-13(12)23-14)9-11-8-15(21)20-6-7-22-16(20)17-11/h2-8H,9-10H2,1H3/p+1. The lowest BCUT2D eigenvalue weighted by atomic mass is 10.3. The molecule has 3 aromatic heterocycles. The topological polar surface area (TPSA) is 51.7 Å². The average molecular weight is 343 g/mol. The molecule has 116 valence electrons. The van der Waals surface area contributed by atoms with Gasteiger partial charge in [-0.15, -0.1) is 22.7 Å². The first-order chi connectivity index (χ1) is 11.2. The van der Waals surface area contributed by atoms with Crippen LogP contribution in [0.25, 0.3) is 15.2 Å². The first-order valence-corrected chi connectivity index (χ1v) is 9.00. The largest absolute Gasteiger partial charge is 0.327 e. The van der Waals surface area contributed by atoms with Crippen LogP contribution in [0.3, 0.4) is 0 Å². The minimum atomic E-state index is -0.0148. The van der Waals surface area contributed by atoms with Gasteiger partial charge in [-0.25, -0.2) is 9.97 Å². The van der Waals surface area contributed by atoms with Crippen molar-refractivity contribution in [1.82, 2.24) is 14.4 Å². The number of rotatable bonds is 4. The van der Waals surface area contributed by atoms with E-state index in [1.54, 1.807) is 28.0 Å². The Labute approximate surface area is 140 Å². The summed E-state index contributed by atoms with van der Waals surface area (Å²) in [6, 6.07) is 9.81. The number of nitrogens with zero attached hydrogens (tertiary/aromatic N) is 3. The third-order valence-electron chi connectivity index (χ3n) is 3.63. The molecule has 0 aliphatic heterocycles. The molecule has 0 spiro atoms. The van der Waals surface area contributed by atoms with Gasteiger partial charge in [-0.05, 0) is 12.1 Å². The SMILES string of the molecule is C[NH+](Cc1cc(=O)n2ccsc2n1)Cc1nc2ccccc2s1. The van der Waals surface area contributed by atoms with Crippen LogP contribution in [0.5, 0.6) is 0 Å². The molecule has 0 bridgehead atoms. The average Bonchev–Trinajstić information content (AvgIpc) is 3.12. The summed E-state index contributed by atoms with van der Waals surface area (Å²) >= 11 is 3.21. The second-order valence-corrected chi connectivity index (χ2v) is 7.52. The summed E-state index contributed by atoms with van der Waals surface area (Å²) in [6.45, 7) is 1.53. The predicted octanol–water partition coefficient (Wildman–Crippen LogP) is 1.58. The Morgan fingerprint density at radius 1 is 1.22 bits per heavy atom. The predicted molar refractivity (Wildman–Crippen MR) is 93.3 cm³/mol. The summed E-state index contributed by atoms with van der Waals surface area (Å²) in [5.41, 5.74) is 1.87. The molecule has 0 aliphatic rings. The number of para-hydroxylation sites is 1. The van der Waals surface area contributed by atoms with Gasteiger partial charge in [0.05, 0.1) is 17.3 Å². The Morgan fingerprint density at radius 3 is 2.96 bits per heavy atom. The molecule has 23 heavy (non-hydrogen) atoms. The van der Waals surface area contributed by atoms with E-state index in [1.165, 1.54) is 20.9 Å². The molecule has 1 N–H and O–H groups in total. The van der Waals surface area contributed by atoms with Crippen LogP contribution >= 0.6 is 22.7 Å².